The summed E-state index contributed by atoms with van der Waals surface area (Å²) in [6.45, 7) is 4.41. The molecule has 288 valence electrons. The maximum absolute atomic E-state index is 12.5. The monoisotopic (exact) mass is 710 g/mol. The van der Waals surface area contributed by atoms with Gasteiger partial charge in [-0.3, -0.25) is 9.35 Å². The number of carbonyl (C=O) groups excluding carboxylic acids is 1. The van der Waals surface area contributed by atoms with Gasteiger partial charge in [0.25, 0.3) is 10.1 Å². The van der Waals surface area contributed by atoms with Gasteiger partial charge in [0.05, 0.1) is 17.9 Å². The number of aliphatic hydroxyl groups excluding tert-OH is 1. The summed E-state index contributed by atoms with van der Waals surface area (Å²) in [5.74, 6) is -0.933. The highest BCUT2D eigenvalue weighted by Crippen LogP contribution is 2.16. The standard InChI is InChI=1S/C42H79NO5S/c1-3-5-7-9-11-13-15-17-18-19-20-21-22-23-24-26-27-29-31-33-35-37-41(44)40(39-49(46,47)48)43-42(45)38-36-34-32-30-28-25-16-14-12-10-8-6-4-2/h6,8,12,14,25,28,40-41,44H,3-5,7,9-11,13,15-24,26-27,29-39H2,1-2H3,(H,43,45)(H,46,47,48)/b8-6-,14-12-,28-25-. The van der Waals surface area contributed by atoms with Gasteiger partial charge in [-0.05, 0) is 44.9 Å². The summed E-state index contributed by atoms with van der Waals surface area (Å²) < 4.78 is 32.5. The smallest absolute Gasteiger partial charge is 0.266 e. The Kier molecular flexibility index (Phi) is 35.3. The van der Waals surface area contributed by atoms with Crippen LogP contribution >= 0.6 is 0 Å². The molecule has 0 aromatic rings. The lowest BCUT2D eigenvalue weighted by Crippen LogP contribution is -2.47. The minimum atomic E-state index is -4.32. The molecule has 7 heteroatoms. The Balaban J connectivity index is 3.84. The number of rotatable bonds is 37. The summed E-state index contributed by atoms with van der Waals surface area (Å²) >= 11 is 0. The zero-order chi connectivity index (χ0) is 36.1. The van der Waals surface area contributed by atoms with Crippen molar-refractivity contribution in [2.24, 2.45) is 0 Å². The van der Waals surface area contributed by atoms with Gasteiger partial charge in [0, 0.05) is 6.42 Å². The summed E-state index contributed by atoms with van der Waals surface area (Å²) in [6.07, 6.45) is 46.8. The number of unbranched alkanes of at least 4 members (excludes halogenated alkanes) is 23. The fourth-order valence-electron chi connectivity index (χ4n) is 6.29. The summed E-state index contributed by atoms with van der Waals surface area (Å²) in [7, 11) is -4.32. The zero-order valence-electron chi connectivity index (χ0n) is 32.1. The molecule has 1 amide bonds. The molecule has 0 aliphatic rings. The van der Waals surface area contributed by atoms with Gasteiger partial charge in [-0.1, -0.05) is 192 Å². The van der Waals surface area contributed by atoms with Gasteiger partial charge in [0.15, 0.2) is 0 Å². The maximum atomic E-state index is 12.5. The van der Waals surface area contributed by atoms with Crippen LogP contribution in [0.4, 0.5) is 0 Å². The first-order valence-corrected chi connectivity index (χ1v) is 22.3. The average Bonchev–Trinajstić information content (AvgIpc) is 3.06. The second-order valence-corrected chi connectivity index (χ2v) is 15.7. The molecule has 0 saturated carbocycles. The summed E-state index contributed by atoms with van der Waals surface area (Å²) in [5.41, 5.74) is 0. The molecule has 2 unspecified atom stereocenters. The maximum Gasteiger partial charge on any atom is 0.266 e. The van der Waals surface area contributed by atoms with E-state index in [1.54, 1.807) is 0 Å². The minimum absolute atomic E-state index is 0.274. The average molecular weight is 710 g/mol. The van der Waals surface area contributed by atoms with Crippen molar-refractivity contribution in [2.45, 2.75) is 219 Å². The van der Waals surface area contributed by atoms with E-state index in [9.17, 15) is 22.9 Å². The van der Waals surface area contributed by atoms with Crippen LogP contribution in [0.3, 0.4) is 0 Å². The largest absolute Gasteiger partial charge is 0.391 e. The van der Waals surface area contributed by atoms with Crippen molar-refractivity contribution in [3.8, 4) is 0 Å². The number of amides is 1. The molecule has 0 radical (unpaired) electrons. The van der Waals surface area contributed by atoms with E-state index in [-0.39, 0.29) is 12.3 Å². The SMILES string of the molecule is CC/C=C\C/C=C\C/C=C\CCCCCC(=O)NC(CS(=O)(=O)O)C(O)CCCCCCCCCCCCCCCCCCCCCCC. The van der Waals surface area contributed by atoms with Crippen LogP contribution in [0.2, 0.25) is 0 Å². The van der Waals surface area contributed by atoms with Gasteiger partial charge in [-0.2, -0.15) is 8.42 Å². The number of carbonyl (C=O) groups is 1. The minimum Gasteiger partial charge on any atom is -0.391 e. The Morgan fingerprint density at radius 3 is 1.43 bits per heavy atom. The molecule has 49 heavy (non-hydrogen) atoms. The van der Waals surface area contributed by atoms with Gasteiger partial charge in [-0.15, -0.1) is 0 Å². The van der Waals surface area contributed by atoms with Gasteiger partial charge < -0.3 is 10.4 Å². The molecule has 3 N–H and O–H groups in total. The van der Waals surface area contributed by atoms with Crippen molar-refractivity contribution in [1.82, 2.24) is 5.32 Å². The van der Waals surface area contributed by atoms with Crippen molar-refractivity contribution >= 4 is 16.0 Å². The Morgan fingerprint density at radius 2 is 0.980 bits per heavy atom. The van der Waals surface area contributed by atoms with Gasteiger partial charge >= 0.3 is 0 Å². The van der Waals surface area contributed by atoms with Gasteiger partial charge in [0.2, 0.25) is 5.91 Å². The first-order chi connectivity index (χ1) is 23.8. The predicted molar refractivity (Wildman–Crippen MR) is 212 cm³/mol. The molecule has 0 bridgehead atoms. The summed E-state index contributed by atoms with van der Waals surface area (Å²) in [6, 6.07) is -0.985. The molecule has 0 aromatic heterocycles. The van der Waals surface area contributed by atoms with Crippen LogP contribution < -0.4 is 5.32 Å². The molecular formula is C42H79NO5S. The van der Waals surface area contributed by atoms with Crippen LogP contribution in [0.5, 0.6) is 0 Å². The molecule has 0 aliphatic carbocycles. The number of hydrogen-bond acceptors (Lipinski definition) is 4. The van der Waals surface area contributed by atoms with E-state index in [1.165, 1.54) is 116 Å². The second-order valence-electron chi connectivity index (χ2n) is 14.2. The van der Waals surface area contributed by atoms with E-state index in [4.69, 9.17) is 0 Å². The van der Waals surface area contributed by atoms with E-state index in [0.29, 0.717) is 12.8 Å². The first-order valence-electron chi connectivity index (χ1n) is 20.7. The fourth-order valence-corrected chi connectivity index (χ4v) is 7.05. The summed E-state index contributed by atoms with van der Waals surface area (Å²) in [4.78, 5) is 12.5. The molecule has 0 rings (SSSR count). The van der Waals surface area contributed by atoms with Gasteiger partial charge in [0.1, 0.15) is 0 Å². The van der Waals surface area contributed by atoms with Crippen molar-refractivity contribution in [1.29, 1.82) is 0 Å². The Bertz CT molecular complexity index is 914. The van der Waals surface area contributed by atoms with Crippen LogP contribution in [0.25, 0.3) is 0 Å². The molecule has 0 aromatic carbocycles. The Morgan fingerprint density at radius 1 is 0.571 bits per heavy atom. The van der Waals surface area contributed by atoms with Crippen LogP contribution in [-0.2, 0) is 14.9 Å². The van der Waals surface area contributed by atoms with E-state index >= 15 is 0 Å². The number of hydrogen-bond donors (Lipinski definition) is 3. The number of nitrogens with one attached hydrogen (secondary N) is 1. The highest BCUT2D eigenvalue weighted by Gasteiger charge is 2.26. The topological polar surface area (TPSA) is 104 Å². The lowest BCUT2D eigenvalue weighted by molar-refractivity contribution is -0.122. The molecule has 0 aliphatic heterocycles. The number of allylic oxidation sites excluding steroid dienone is 6. The third-order valence-electron chi connectivity index (χ3n) is 9.36. The fraction of sp³-hybridized carbons (Fsp3) is 0.833. The Labute approximate surface area is 304 Å². The molecule has 0 heterocycles. The van der Waals surface area contributed by atoms with Gasteiger partial charge in [-0.25, -0.2) is 0 Å². The van der Waals surface area contributed by atoms with Crippen molar-refractivity contribution in [3.63, 3.8) is 0 Å². The van der Waals surface area contributed by atoms with Crippen molar-refractivity contribution in [3.05, 3.63) is 36.5 Å². The highest BCUT2D eigenvalue weighted by molar-refractivity contribution is 7.85. The van der Waals surface area contributed by atoms with Crippen LogP contribution in [0.1, 0.15) is 206 Å². The van der Waals surface area contributed by atoms with Crippen LogP contribution in [0, 0.1) is 0 Å². The quantitative estimate of drug-likeness (QED) is 0.0338. The molecule has 0 saturated heterocycles. The number of aliphatic hydroxyl groups is 1. The molecule has 0 spiro atoms. The van der Waals surface area contributed by atoms with Crippen molar-refractivity contribution in [2.75, 3.05) is 5.75 Å². The third kappa shape index (κ3) is 37.6. The van der Waals surface area contributed by atoms with E-state index in [2.05, 4.69) is 55.6 Å². The molecule has 0 fully saturated rings. The predicted octanol–water partition coefficient (Wildman–Crippen LogP) is 12.1. The molecule has 2 atom stereocenters. The lowest BCUT2D eigenvalue weighted by atomic mass is 10.0. The third-order valence-corrected chi connectivity index (χ3v) is 10.1. The molecule has 6 nitrogen and oxygen atoms in total. The van der Waals surface area contributed by atoms with E-state index in [0.717, 1.165) is 57.8 Å². The van der Waals surface area contributed by atoms with E-state index in [1.807, 2.05) is 0 Å². The van der Waals surface area contributed by atoms with Crippen LogP contribution in [-0.4, -0.2) is 41.9 Å². The molecular weight excluding hydrogens is 631 g/mol. The normalized spacial score (nSPS) is 13.6. The Hall–Kier alpha value is -1.44. The lowest BCUT2D eigenvalue weighted by Gasteiger charge is -2.23. The summed E-state index contributed by atoms with van der Waals surface area (Å²) in [5, 5.41) is 13.3. The van der Waals surface area contributed by atoms with Crippen LogP contribution in [0.15, 0.2) is 36.5 Å². The zero-order valence-corrected chi connectivity index (χ0v) is 32.9. The van der Waals surface area contributed by atoms with Crippen molar-refractivity contribution < 1.29 is 22.9 Å². The highest BCUT2D eigenvalue weighted by atomic mass is 32.2. The van der Waals surface area contributed by atoms with E-state index < -0.39 is 28.0 Å². The second kappa shape index (κ2) is 36.4. The first kappa shape index (κ1) is 47.6.